The first-order valence-electron chi connectivity index (χ1n) is 4.93. The number of nitrogens with one attached hydrogen (secondary N) is 1. The van der Waals surface area contributed by atoms with Crippen molar-refractivity contribution in [3.63, 3.8) is 0 Å². The monoisotopic (exact) mass is 287 g/mol. The number of benzene rings is 1. The quantitative estimate of drug-likeness (QED) is 0.888. The van der Waals surface area contributed by atoms with Gasteiger partial charge in [-0.15, -0.1) is 0 Å². The molecule has 0 heterocycles. The van der Waals surface area contributed by atoms with Gasteiger partial charge in [0.2, 0.25) is 0 Å². The summed E-state index contributed by atoms with van der Waals surface area (Å²) in [5, 5.41) is 3.53. The van der Waals surface area contributed by atoms with Crippen molar-refractivity contribution in [2.45, 2.75) is 25.3 Å². The van der Waals surface area contributed by atoms with Crippen molar-refractivity contribution in [2.75, 3.05) is 0 Å². The summed E-state index contributed by atoms with van der Waals surface area (Å²) in [6, 6.07) is 5.60. The predicted molar refractivity (Wildman–Crippen MR) is 64.3 cm³/mol. The lowest BCUT2D eigenvalue weighted by molar-refractivity contribution is 0.0917. The molecule has 1 aliphatic carbocycles. The maximum Gasteiger partial charge on any atom is 0.251 e. The maximum absolute atomic E-state index is 11.7. The van der Waals surface area contributed by atoms with E-state index in [2.05, 4.69) is 21.2 Å². The fraction of sp³-hybridized carbons (Fsp3) is 0.364. The van der Waals surface area contributed by atoms with Gasteiger partial charge in [0.25, 0.3) is 5.91 Å². The normalized spacial score (nSPS) is 15.9. The summed E-state index contributed by atoms with van der Waals surface area (Å²) in [5.74, 6) is -0.0332. The molecule has 2 rings (SSSR count). The third-order valence-electron chi connectivity index (χ3n) is 2.62. The van der Waals surface area contributed by atoms with E-state index in [0.717, 1.165) is 17.3 Å². The van der Waals surface area contributed by atoms with Gasteiger partial charge in [-0.2, -0.15) is 0 Å². The van der Waals surface area contributed by atoms with E-state index in [9.17, 15) is 4.79 Å². The molecule has 1 aromatic carbocycles. The highest BCUT2D eigenvalue weighted by atomic mass is 79.9. The van der Waals surface area contributed by atoms with Gasteiger partial charge in [-0.3, -0.25) is 4.79 Å². The van der Waals surface area contributed by atoms with Gasteiger partial charge in [-0.1, -0.05) is 11.6 Å². The average Bonchev–Trinajstić information content (AvgIpc) is 2.15. The van der Waals surface area contributed by atoms with Crippen molar-refractivity contribution in [1.82, 2.24) is 5.32 Å². The molecule has 1 aromatic rings. The molecule has 0 aromatic heterocycles. The zero-order valence-electron chi connectivity index (χ0n) is 8.09. The number of hydrogen-bond donors (Lipinski definition) is 1. The van der Waals surface area contributed by atoms with E-state index < -0.39 is 0 Å². The molecule has 1 amide bonds. The Morgan fingerprint density at radius 1 is 1.47 bits per heavy atom. The van der Waals surface area contributed by atoms with Crippen LogP contribution in [-0.4, -0.2) is 11.9 Å². The van der Waals surface area contributed by atoms with Crippen molar-refractivity contribution in [3.8, 4) is 0 Å². The molecular weight excluding hydrogens is 277 g/mol. The molecular formula is C11H11BrClNO. The van der Waals surface area contributed by atoms with Crippen LogP contribution in [-0.2, 0) is 0 Å². The molecule has 15 heavy (non-hydrogen) atoms. The molecule has 0 unspecified atom stereocenters. The van der Waals surface area contributed by atoms with Gasteiger partial charge >= 0.3 is 0 Å². The summed E-state index contributed by atoms with van der Waals surface area (Å²) in [5.41, 5.74) is 0.620. The number of amides is 1. The molecule has 0 radical (unpaired) electrons. The van der Waals surface area contributed by atoms with Gasteiger partial charge in [0, 0.05) is 16.1 Å². The van der Waals surface area contributed by atoms with Crippen LogP contribution in [0.3, 0.4) is 0 Å². The van der Waals surface area contributed by atoms with Crippen molar-refractivity contribution < 1.29 is 4.79 Å². The van der Waals surface area contributed by atoms with Crippen LogP contribution in [0.4, 0.5) is 0 Å². The maximum atomic E-state index is 11.7. The molecule has 1 fully saturated rings. The SMILES string of the molecule is O=C(NC1CCC1)c1ccc(Br)c(Cl)c1. The number of halogens is 2. The summed E-state index contributed by atoms with van der Waals surface area (Å²) >= 11 is 9.21. The van der Waals surface area contributed by atoms with Crippen LogP contribution < -0.4 is 5.32 Å². The van der Waals surface area contributed by atoms with E-state index in [-0.39, 0.29) is 5.91 Å². The first-order chi connectivity index (χ1) is 7.16. The second-order valence-corrected chi connectivity index (χ2v) is 4.99. The molecule has 1 N–H and O–H groups in total. The Kier molecular flexibility index (Phi) is 3.32. The van der Waals surface area contributed by atoms with Gasteiger partial charge < -0.3 is 5.32 Å². The number of carbonyl (C=O) groups is 1. The molecule has 2 nitrogen and oxygen atoms in total. The van der Waals surface area contributed by atoms with Crippen molar-refractivity contribution in [1.29, 1.82) is 0 Å². The van der Waals surface area contributed by atoms with Crippen LogP contribution in [0.25, 0.3) is 0 Å². The smallest absolute Gasteiger partial charge is 0.251 e. The zero-order chi connectivity index (χ0) is 10.8. The third-order valence-corrected chi connectivity index (χ3v) is 3.85. The van der Waals surface area contributed by atoms with Crippen LogP contribution in [0.1, 0.15) is 29.6 Å². The molecule has 0 aliphatic heterocycles. The van der Waals surface area contributed by atoms with Gasteiger partial charge in [-0.05, 0) is 53.4 Å². The fourth-order valence-corrected chi connectivity index (χ4v) is 1.89. The van der Waals surface area contributed by atoms with Crippen LogP contribution in [0, 0.1) is 0 Å². The van der Waals surface area contributed by atoms with E-state index >= 15 is 0 Å². The molecule has 80 valence electrons. The lowest BCUT2D eigenvalue weighted by atomic mass is 9.93. The third kappa shape index (κ3) is 2.52. The van der Waals surface area contributed by atoms with E-state index in [1.54, 1.807) is 18.2 Å². The topological polar surface area (TPSA) is 29.1 Å². The van der Waals surface area contributed by atoms with Gasteiger partial charge in [0.05, 0.1) is 5.02 Å². The zero-order valence-corrected chi connectivity index (χ0v) is 10.4. The summed E-state index contributed by atoms with van der Waals surface area (Å²) in [7, 11) is 0. The molecule has 0 bridgehead atoms. The molecule has 1 aliphatic rings. The lowest BCUT2D eigenvalue weighted by Crippen LogP contribution is -2.39. The van der Waals surface area contributed by atoms with Crippen molar-refractivity contribution in [2.24, 2.45) is 0 Å². The highest BCUT2D eigenvalue weighted by Gasteiger charge is 2.20. The second kappa shape index (κ2) is 4.54. The molecule has 1 saturated carbocycles. The van der Waals surface area contributed by atoms with Crippen LogP contribution in [0.2, 0.25) is 5.02 Å². The standard InChI is InChI=1S/C11H11BrClNO/c12-9-5-4-7(6-10(9)13)11(15)14-8-2-1-3-8/h4-6,8H,1-3H2,(H,14,15). The minimum Gasteiger partial charge on any atom is -0.349 e. The first-order valence-corrected chi connectivity index (χ1v) is 6.10. The Balaban J connectivity index is 2.07. The van der Waals surface area contributed by atoms with Gasteiger partial charge in [0.1, 0.15) is 0 Å². The Labute approximate surface area is 102 Å². The number of rotatable bonds is 2. The first kappa shape index (κ1) is 11.0. The van der Waals surface area contributed by atoms with Crippen LogP contribution >= 0.6 is 27.5 Å². The Hall–Kier alpha value is -0.540. The Morgan fingerprint density at radius 3 is 2.73 bits per heavy atom. The lowest BCUT2D eigenvalue weighted by Gasteiger charge is -2.26. The van der Waals surface area contributed by atoms with Crippen LogP contribution in [0.5, 0.6) is 0 Å². The van der Waals surface area contributed by atoms with Gasteiger partial charge in [0.15, 0.2) is 0 Å². The molecule has 0 atom stereocenters. The highest BCUT2D eigenvalue weighted by molar-refractivity contribution is 9.10. The van der Waals surface area contributed by atoms with E-state index in [4.69, 9.17) is 11.6 Å². The van der Waals surface area contributed by atoms with Crippen molar-refractivity contribution in [3.05, 3.63) is 33.3 Å². The largest absolute Gasteiger partial charge is 0.349 e. The van der Waals surface area contributed by atoms with E-state index in [1.807, 2.05) is 0 Å². The number of hydrogen-bond acceptors (Lipinski definition) is 1. The predicted octanol–water partition coefficient (Wildman–Crippen LogP) is 3.38. The molecule has 0 spiro atoms. The fourth-order valence-electron chi connectivity index (χ4n) is 1.46. The molecule has 4 heteroatoms. The average molecular weight is 289 g/mol. The molecule has 0 saturated heterocycles. The minimum atomic E-state index is -0.0332. The Bertz CT molecular complexity index is 390. The van der Waals surface area contributed by atoms with Gasteiger partial charge in [-0.25, -0.2) is 0 Å². The number of carbonyl (C=O) groups excluding carboxylic acids is 1. The van der Waals surface area contributed by atoms with E-state index in [1.165, 1.54) is 6.42 Å². The summed E-state index contributed by atoms with van der Waals surface area (Å²) in [6.07, 6.45) is 3.40. The van der Waals surface area contributed by atoms with Crippen molar-refractivity contribution >= 4 is 33.4 Å². The van der Waals surface area contributed by atoms with Crippen LogP contribution in [0.15, 0.2) is 22.7 Å². The summed E-state index contributed by atoms with van der Waals surface area (Å²) in [6.45, 7) is 0. The summed E-state index contributed by atoms with van der Waals surface area (Å²) < 4.78 is 0.810. The Morgan fingerprint density at radius 2 is 2.20 bits per heavy atom. The highest BCUT2D eigenvalue weighted by Crippen LogP contribution is 2.24. The summed E-state index contributed by atoms with van der Waals surface area (Å²) in [4.78, 5) is 11.7. The minimum absolute atomic E-state index is 0.0332. The second-order valence-electron chi connectivity index (χ2n) is 3.73. The van der Waals surface area contributed by atoms with E-state index in [0.29, 0.717) is 16.6 Å².